The first-order valence-electron chi connectivity index (χ1n) is 7.90. The van der Waals surface area contributed by atoms with Gasteiger partial charge in [-0.2, -0.15) is 0 Å². The molecule has 1 aromatic carbocycles. The topological polar surface area (TPSA) is 41.5 Å². The zero-order valence-electron chi connectivity index (χ0n) is 14.1. The van der Waals surface area contributed by atoms with E-state index >= 15 is 0 Å². The number of nitrogens with one attached hydrogen (secondary N) is 1. The highest BCUT2D eigenvalue weighted by Crippen LogP contribution is 2.08. The van der Waals surface area contributed by atoms with Crippen LogP contribution in [0.25, 0.3) is 0 Å². The summed E-state index contributed by atoms with van der Waals surface area (Å²) in [5.41, 5.74) is 2.97. The molecular formula is C20H26N2O. The van der Waals surface area contributed by atoms with Crippen molar-refractivity contribution in [3.63, 3.8) is 0 Å². The number of unbranched alkanes of at least 4 members (excludes halogenated alkanes) is 1. The van der Waals surface area contributed by atoms with Crippen LogP contribution in [0.2, 0.25) is 0 Å². The van der Waals surface area contributed by atoms with E-state index in [1.165, 1.54) is 5.57 Å². The van der Waals surface area contributed by atoms with Crippen molar-refractivity contribution >= 4 is 11.7 Å². The number of hydrogen-bond acceptors (Lipinski definition) is 2. The average Bonchev–Trinajstić information content (AvgIpc) is 2.54. The molecule has 3 nitrogen and oxygen atoms in total. The van der Waals surface area contributed by atoms with Crippen molar-refractivity contribution in [3.8, 4) is 0 Å². The maximum atomic E-state index is 12.0. The molecule has 0 aromatic heterocycles. The number of benzene rings is 1. The van der Waals surface area contributed by atoms with Crippen LogP contribution in [0.3, 0.4) is 0 Å². The molecular weight excluding hydrogens is 284 g/mol. The fraction of sp³-hybridized carbons (Fsp3) is 0.300. The normalized spacial score (nSPS) is 11.9. The quantitative estimate of drug-likeness (QED) is 0.324. The molecule has 1 rings (SSSR count). The van der Waals surface area contributed by atoms with Gasteiger partial charge in [-0.05, 0) is 50.8 Å². The van der Waals surface area contributed by atoms with Gasteiger partial charge < -0.3 is 5.32 Å². The standard InChI is InChI=1S/C20H26N2O/c1-5-9-18(6-2)10-7-8-15-21-17(4)22-20(23)19-13-11-16(3)12-14-19/h5-6,9,11-14H,1-2,7-8,10,15H2,3-4H3,(H,21,22,23)/b18-9+. The van der Waals surface area contributed by atoms with Crippen molar-refractivity contribution in [2.24, 2.45) is 4.99 Å². The van der Waals surface area contributed by atoms with Crippen LogP contribution in [0.1, 0.15) is 42.1 Å². The molecule has 1 N–H and O–H groups in total. The lowest BCUT2D eigenvalue weighted by molar-refractivity contribution is 0.0977. The van der Waals surface area contributed by atoms with Crippen LogP contribution in [0.5, 0.6) is 0 Å². The summed E-state index contributed by atoms with van der Waals surface area (Å²) in [7, 11) is 0. The highest BCUT2D eigenvalue weighted by Gasteiger charge is 2.05. The van der Waals surface area contributed by atoms with E-state index in [0.717, 1.165) is 24.8 Å². The number of carbonyl (C=O) groups is 1. The number of amides is 1. The summed E-state index contributed by atoms with van der Waals surface area (Å²) in [6.45, 7) is 12.0. The van der Waals surface area contributed by atoms with Crippen molar-refractivity contribution in [3.05, 3.63) is 72.4 Å². The summed E-state index contributed by atoms with van der Waals surface area (Å²) >= 11 is 0. The molecule has 23 heavy (non-hydrogen) atoms. The zero-order valence-corrected chi connectivity index (χ0v) is 14.1. The fourth-order valence-electron chi connectivity index (χ4n) is 2.07. The van der Waals surface area contributed by atoms with Gasteiger partial charge in [0.2, 0.25) is 0 Å². The van der Waals surface area contributed by atoms with E-state index in [0.29, 0.717) is 17.9 Å². The van der Waals surface area contributed by atoms with Crippen molar-refractivity contribution < 1.29 is 4.79 Å². The second-order valence-electron chi connectivity index (χ2n) is 5.43. The molecule has 0 saturated carbocycles. The van der Waals surface area contributed by atoms with Gasteiger partial charge in [-0.15, -0.1) is 0 Å². The lowest BCUT2D eigenvalue weighted by atomic mass is 10.1. The van der Waals surface area contributed by atoms with Crippen LogP contribution >= 0.6 is 0 Å². The molecule has 0 fully saturated rings. The smallest absolute Gasteiger partial charge is 0.256 e. The maximum absolute atomic E-state index is 12.0. The first kappa shape index (κ1) is 18.6. The summed E-state index contributed by atoms with van der Waals surface area (Å²) in [6, 6.07) is 7.49. The molecule has 1 aromatic rings. The first-order chi connectivity index (χ1) is 11.1. The molecule has 122 valence electrons. The Morgan fingerprint density at radius 2 is 1.91 bits per heavy atom. The van der Waals surface area contributed by atoms with Crippen molar-refractivity contribution in [1.82, 2.24) is 5.32 Å². The SMILES string of the molecule is C=C/C=C(\C=C)CCCCN=C(C)NC(=O)c1ccc(C)cc1. The van der Waals surface area contributed by atoms with Crippen LogP contribution in [0.15, 0.2) is 66.2 Å². The third kappa shape index (κ3) is 7.41. The van der Waals surface area contributed by atoms with Crippen LogP contribution in [0, 0.1) is 6.92 Å². The predicted molar refractivity (Wildman–Crippen MR) is 98.9 cm³/mol. The molecule has 0 heterocycles. The molecule has 0 radical (unpaired) electrons. The summed E-state index contributed by atoms with van der Waals surface area (Å²) in [6.07, 6.45) is 8.59. The van der Waals surface area contributed by atoms with Gasteiger partial charge in [-0.1, -0.05) is 49.1 Å². The van der Waals surface area contributed by atoms with Crippen LogP contribution in [-0.4, -0.2) is 18.3 Å². The number of allylic oxidation sites excluding steroid dienone is 4. The van der Waals surface area contributed by atoms with Gasteiger partial charge in [0.15, 0.2) is 0 Å². The molecule has 0 aliphatic rings. The molecule has 0 saturated heterocycles. The number of aryl methyl sites for hydroxylation is 1. The Morgan fingerprint density at radius 3 is 2.52 bits per heavy atom. The minimum atomic E-state index is -0.117. The monoisotopic (exact) mass is 310 g/mol. The molecule has 1 amide bonds. The average molecular weight is 310 g/mol. The van der Waals surface area contributed by atoms with Crippen molar-refractivity contribution in [2.75, 3.05) is 6.54 Å². The van der Waals surface area contributed by atoms with Gasteiger partial charge in [0, 0.05) is 12.1 Å². The third-order valence-corrected chi connectivity index (χ3v) is 3.42. The number of aliphatic imine (C=N–C) groups is 1. The van der Waals surface area contributed by atoms with E-state index in [9.17, 15) is 4.79 Å². The van der Waals surface area contributed by atoms with E-state index in [4.69, 9.17) is 0 Å². The molecule has 0 bridgehead atoms. The minimum Gasteiger partial charge on any atom is -0.311 e. The van der Waals surface area contributed by atoms with E-state index < -0.39 is 0 Å². The number of hydrogen-bond donors (Lipinski definition) is 1. The van der Waals surface area contributed by atoms with Gasteiger partial charge in [0.25, 0.3) is 5.91 Å². The zero-order chi connectivity index (χ0) is 17.1. The van der Waals surface area contributed by atoms with E-state index in [1.807, 2.05) is 50.3 Å². The Kier molecular flexibility index (Phi) is 8.37. The molecule has 0 spiro atoms. The van der Waals surface area contributed by atoms with Crippen molar-refractivity contribution in [2.45, 2.75) is 33.1 Å². The fourth-order valence-corrected chi connectivity index (χ4v) is 2.07. The Labute approximate surface area is 139 Å². The number of nitrogens with zero attached hydrogens (tertiary/aromatic N) is 1. The van der Waals surface area contributed by atoms with E-state index in [2.05, 4.69) is 23.5 Å². The van der Waals surface area contributed by atoms with Gasteiger partial charge in [-0.3, -0.25) is 9.79 Å². The van der Waals surface area contributed by atoms with Gasteiger partial charge in [0.05, 0.1) is 5.84 Å². The molecule has 0 unspecified atom stereocenters. The Balaban J connectivity index is 2.35. The van der Waals surface area contributed by atoms with Crippen LogP contribution in [-0.2, 0) is 0 Å². The van der Waals surface area contributed by atoms with Gasteiger partial charge in [-0.25, -0.2) is 0 Å². The Hall–Kier alpha value is -2.42. The summed E-state index contributed by atoms with van der Waals surface area (Å²) in [5.74, 6) is 0.537. The Bertz CT molecular complexity index is 595. The number of amidine groups is 1. The molecule has 0 aliphatic heterocycles. The molecule has 0 aliphatic carbocycles. The lowest BCUT2D eigenvalue weighted by Gasteiger charge is -2.05. The van der Waals surface area contributed by atoms with Gasteiger partial charge in [0.1, 0.15) is 0 Å². The van der Waals surface area contributed by atoms with Crippen LogP contribution < -0.4 is 5.32 Å². The second kappa shape index (κ2) is 10.3. The maximum Gasteiger partial charge on any atom is 0.256 e. The third-order valence-electron chi connectivity index (χ3n) is 3.42. The van der Waals surface area contributed by atoms with E-state index in [1.54, 1.807) is 6.08 Å². The number of carbonyl (C=O) groups excluding carboxylic acids is 1. The Morgan fingerprint density at radius 1 is 1.22 bits per heavy atom. The van der Waals surface area contributed by atoms with Gasteiger partial charge >= 0.3 is 0 Å². The summed E-state index contributed by atoms with van der Waals surface area (Å²) in [5, 5.41) is 2.82. The predicted octanol–water partition coefficient (Wildman–Crippen LogP) is 4.61. The molecule has 3 heteroatoms. The second-order valence-corrected chi connectivity index (χ2v) is 5.43. The van der Waals surface area contributed by atoms with E-state index in [-0.39, 0.29) is 5.91 Å². The van der Waals surface area contributed by atoms with Crippen LogP contribution in [0.4, 0.5) is 0 Å². The first-order valence-corrected chi connectivity index (χ1v) is 7.90. The largest absolute Gasteiger partial charge is 0.311 e. The summed E-state index contributed by atoms with van der Waals surface area (Å²) in [4.78, 5) is 16.4. The van der Waals surface area contributed by atoms with Crippen molar-refractivity contribution in [1.29, 1.82) is 0 Å². The highest BCUT2D eigenvalue weighted by molar-refractivity contribution is 6.05. The molecule has 0 atom stereocenters. The lowest BCUT2D eigenvalue weighted by Crippen LogP contribution is -2.28. The number of rotatable bonds is 8. The summed E-state index contributed by atoms with van der Waals surface area (Å²) < 4.78 is 0. The highest BCUT2D eigenvalue weighted by atomic mass is 16.1. The minimum absolute atomic E-state index is 0.117.